The maximum atomic E-state index is 11.9. The van der Waals surface area contributed by atoms with Crippen LogP contribution in [-0.4, -0.2) is 17.1 Å². The van der Waals surface area contributed by atoms with Gasteiger partial charge >= 0.3 is 0 Å². The monoisotopic (exact) mass is 312 g/mol. The van der Waals surface area contributed by atoms with Crippen molar-refractivity contribution < 1.29 is 4.74 Å². The fourth-order valence-corrected chi connectivity index (χ4v) is 4.38. The molecule has 0 aliphatic heterocycles. The molecule has 0 amide bonds. The Labute approximate surface area is 136 Å². The molecule has 3 N–H and O–H groups in total. The number of rotatable bonds is 2. The fraction of sp³-hybridized carbons (Fsp3) is 0.526. The first-order valence-electron chi connectivity index (χ1n) is 8.66. The number of ether oxygens (including phenoxy) is 1. The molecule has 4 nitrogen and oxygen atoms in total. The van der Waals surface area contributed by atoms with Crippen molar-refractivity contribution in [3.8, 4) is 5.75 Å². The predicted octanol–water partition coefficient (Wildman–Crippen LogP) is 3.12. The summed E-state index contributed by atoms with van der Waals surface area (Å²) in [5.74, 6) is 2.23. The zero-order valence-corrected chi connectivity index (χ0v) is 13.5. The summed E-state index contributed by atoms with van der Waals surface area (Å²) in [6.07, 6.45) is 7.76. The molecule has 0 spiro atoms. The summed E-state index contributed by atoms with van der Waals surface area (Å²) >= 11 is 0. The third-order valence-electron chi connectivity index (χ3n) is 5.78. The first-order valence-corrected chi connectivity index (χ1v) is 8.66. The van der Waals surface area contributed by atoms with Crippen LogP contribution in [-0.2, 0) is 0 Å². The van der Waals surface area contributed by atoms with Crippen molar-refractivity contribution in [2.75, 3.05) is 0 Å². The number of H-pyrrole nitrogens is 1. The van der Waals surface area contributed by atoms with Crippen molar-refractivity contribution in [2.24, 2.45) is 17.6 Å². The minimum absolute atomic E-state index is 0.0427. The Morgan fingerprint density at radius 3 is 2.87 bits per heavy atom. The number of aromatic nitrogens is 1. The van der Waals surface area contributed by atoms with Crippen LogP contribution < -0.4 is 16.0 Å². The molecule has 0 saturated heterocycles. The Kier molecular flexibility index (Phi) is 3.64. The summed E-state index contributed by atoms with van der Waals surface area (Å²) < 4.78 is 6.40. The molecule has 4 rings (SSSR count). The minimum Gasteiger partial charge on any atom is -0.490 e. The van der Waals surface area contributed by atoms with E-state index in [1.165, 1.54) is 19.3 Å². The number of hydrogen-bond acceptors (Lipinski definition) is 3. The molecule has 2 aliphatic rings. The van der Waals surface area contributed by atoms with Gasteiger partial charge in [0.25, 0.3) is 5.56 Å². The van der Waals surface area contributed by atoms with Crippen LogP contribution in [0.2, 0.25) is 0 Å². The topological polar surface area (TPSA) is 68.1 Å². The third kappa shape index (κ3) is 2.65. The van der Waals surface area contributed by atoms with Crippen LogP contribution in [0.25, 0.3) is 10.8 Å². The predicted molar refractivity (Wildman–Crippen MR) is 91.8 cm³/mol. The van der Waals surface area contributed by atoms with Gasteiger partial charge in [0.15, 0.2) is 0 Å². The van der Waals surface area contributed by atoms with Gasteiger partial charge < -0.3 is 15.5 Å². The second-order valence-corrected chi connectivity index (χ2v) is 7.24. The molecule has 1 heterocycles. The van der Waals surface area contributed by atoms with E-state index in [-0.39, 0.29) is 11.7 Å². The van der Waals surface area contributed by atoms with Crippen molar-refractivity contribution in [2.45, 2.75) is 51.2 Å². The van der Waals surface area contributed by atoms with Gasteiger partial charge in [-0.2, -0.15) is 0 Å². The van der Waals surface area contributed by atoms with Crippen molar-refractivity contribution in [1.29, 1.82) is 0 Å². The molecule has 2 aliphatic carbocycles. The molecule has 0 radical (unpaired) electrons. The van der Waals surface area contributed by atoms with Crippen LogP contribution in [0.3, 0.4) is 0 Å². The van der Waals surface area contributed by atoms with Gasteiger partial charge in [0.1, 0.15) is 11.9 Å². The molecule has 4 heteroatoms. The number of aromatic amines is 1. The molecule has 2 bridgehead atoms. The highest BCUT2D eigenvalue weighted by Gasteiger charge is 2.38. The van der Waals surface area contributed by atoms with E-state index in [1.807, 2.05) is 25.1 Å². The fourth-order valence-electron chi connectivity index (χ4n) is 4.38. The number of nitrogens with one attached hydrogen (secondary N) is 1. The number of pyridine rings is 1. The average Bonchev–Trinajstić information content (AvgIpc) is 2.55. The SMILES string of the molecule is Cc1cc2c(=O)[nH]ccc2cc1OC1CC[C@@H]2C[C@H]1CCC2N. The number of aryl methyl sites for hydroxylation is 1. The summed E-state index contributed by atoms with van der Waals surface area (Å²) in [6.45, 7) is 2.02. The van der Waals surface area contributed by atoms with Crippen LogP contribution in [0, 0.1) is 18.8 Å². The van der Waals surface area contributed by atoms with Gasteiger partial charge in [0.05, 0.1) is 0 Å². The van der Waals surface area contributed by atoms with Crippen molar-refractivity contribution >= 4 is 10.8 Å². The molecule has 2 saturated carbocycles. The Morgan fingerprint density at radius 1 is 1.17 bits per heavy atom. The largest absolute Gasteiger partial charge is 0.490 e. The summed E-state index contributed by atoms with van der Waals surface area (Å²) in [6, 6.07) is 6.27. The van der Waals surface area contributed by atoms with Crippen LogP contribution in [0.1, 0.15) is 37.7 Å². The quantitative estimate of drug-likeness (QED) is 0.895. The van der Waals surface area contributed by atoms with E-state index in [0.29, 0.717) is 17.9 Å². The Bertz CT molecular complexity index is 783. The molecular weight excluding hydrogens is 288 g/mol. The summed E-state index contributed by atoms with van der Waals surface area (Å²) in [5, 5.41) is 1.67. The number of benzene rings is 1. The lowest BCUT2D eigenvalue weighted by atomic mass is 9.68. The van der Waals surface area contributed by atoms with E-state index >= 15 is 0 Å². The highest BCUT2D eigenvalue weighted by atomic mass is 16.5. The average molecular weight is 312 g/mol. The lowest BCUT2D eigenvalue weighted by Crippen LogP contribution is -2.45. The van der Waals surface area contributed by atoms with Gasteiger partial charge in [-0.1, -0.05) is 0 Å². The van der Waals surface area contributed by atoms with E-state index in [2.05, 4.69) is 4.98 Å². The number of nitrogens with two attached hydrogens (primary N) is 1. The molecule has 2 aromatic rings. The van der Waals surface area contributed by atoms with Gasteiger partial charge in [-0.05, 0) is 80.0 Å². The van der Waals surface area contributed by atoms with E-state index in [4.69, 9.17) is 10.5 Å². The first-order chi connectivity index (χ1) is 11.1. The lowest BCUT2D eigenvalue weighted by molar-refractivity contribution is 0.0316. The standard InChI is InChI=1S/C19H24N2O2/c1-11-8-15-12(6-7-21-19(15)22)10-18(11)23-17-5-3-13-9-14(17)2-4-16(13)20/h6-8,10,13-14,16-17H,2-5,9,20H2,1H3,(H,21,22)/t13-,14-,16?,17?/m1/s1. The first kappa shape index (κ1) is 14.8. The summed E-state index contributed by atoms with van der Waals surface area (Å²) in [5.41, 5.74) is 7.20. The third-order valence-corrected chi connectivity index (χ3v) is 5.78. The normalized spacial score (nSPS) is 30.3. The van der Waals surface area contributed by atoms with E-state index in [9.17, 15) is 4.79 Å². The molecule has 1 aromatic carbocycles. The Balaban J connectivity index is 1.60. The molecule has 4 atom stereocenters. The zero-order chi connectivity index (χ0) is 16.0. The highest BCUT2D eigenvalue weighted by Crippen LogP contribution is 2.41. The van der Waals surface area contributed by atoms with E-state index < -0.39 is 0 Å². The summed E-state index contributed by atoms with van der Waals surface area (Å²) in [4.78, 5) is 14.6. The van der Waals surface area contributed by atoms with Gasteiger partial charge in [-0.15, -0.1) is 0 Å². The lowest BCUT2D eigenvalue weighted by Gasteiger charge is -2.43. The van der Waals surface area contributed by atoms with Gasteiger partial charge in [-0.3, -0.25) is 4.79 Å². The van der Waals surface area contributed by atoms with Crippen molar-refractivity contribution in [3.05, 3.63) is 40.3 Å². The second kappa shape index (κ2) is 5.68. The van der Waals surface area contributed by atoms with Crippen LogP contribution in [0.15, 0.2) is 29.2 Å². The highest BCUT2D eigenvalue weighted by molar-refractivity contribution is 5.83. The molecular formula is C19H24N2O2. The van der Waals surface area contributed by atoms with Gasteiger partial charge in [-0.25, -0.2) is 0 Å². The Hall–Kier alpha value is -1.81. The molecule has 2 unspecified atom stereocenters. The number of hydrogen-bond donors (Lipinski definition) is 2. The molecule has 122 valence electrons. The summed E-state index contributed by atoms with van der Waals surface area (Å²) in [7, 11) is 0. The Morgan fingerprint density at radius 2 is 2.00 bits per heavy atom. The van der Waals surface area contributed by atoms with Crippen molar-refractivity contribution in [3.63, 3.8) is 0 Å². The second-order valence-electron chi connectivity index (χ2n) is 7.24. The van der Waals surface area contributed by atoms with Gasteiger partial charge in [0, 0.05) is 17.6 Å². The maximum absolute atomic E-state index is 11.9. The van der Waals surface area contributed by atoms with E-state index in [0.717, 1.165) is 34.9 Å². The molecule has 1 aromatic heterocycles. The smallest absolute Gasteiger partial charge is 0.255 e. The zero-order valence-electron chi connectivity index (χ0n) is 13.5. The van der Waals surface area contributed by atoms with Crippen LogP contribution in [0.4, 0.5) is 0 Å². The number of fused-ring (bicyclic) bond motifs is 3. The molecule has 23 heavy (non-hydrogen) atoms. The van der Waals surface area contributed by atoms with Crippen molar-refractivity contribution in [1.82, 2.24) is 4.98 Å². The van der Waals surface area contributed by atoms with Crippen LogP contribution in [0.5, 0.6) is 5.75 Å². The maximum Gasteiger partial charge on any atom is 0.255 e. The van der Waals surface area contributed by atoms with Gasteiger partial charge in [0.2, 0.25) is 0 Å². The molecule has 2 fully saturated rings. The van der Waals surface area contributed by atoms with E-state index in [1.54, 1.807) is 6.20 Å². The van der Waals surface area contributed by atoms with Crippen LogP contribution >= 0.6 is 0 Å². The minimum atomic E-state index is -0.0427.